The van der Waals surface area contributed by atoms with Gasteiger partial charge >= 0.3 is 5.69 Å². The van der Waals surface area contributed by atoms with Crippen LogP contribution >= 0.6 is 11.6 Å². The molecular formula is C12H15ClN2O. The summed E-state index contributed by atoms with van der Waals surface area (Å²) in [6.07, 6.45) is 0.883. The first kappa shape index (κ1) is 11.3. The van der Waals surface area contributed by atoms with Crippen molar-refractivity contribution >= 4 is 22.6 Å². The standard InChI is InChI=1S/C12H15ClN2O/c1-4-9(13)8-5-6-10-11(7-8)15(3)12(16)14(10)2/h5-7,9H,4H2,1-3H3. The number of fused-ring (bicyclic) bond motifs is 1. The summed E-state index contributed by atoms with van der Waals surface area (Å²) in [7, 11) is 3.56. The van der Waals surface area contributed by atoms with Crippen LogP contribution in [0.15, 0.2) is 23.0 Å². The lowest BCUT2D eigenvalue weighted by Crippen LogP contribution is -2.19. The molecule has 0 saturated heterocycles. The van der Waals surface area contributed by atoms with Gasteiger partial charge in [0, 0.05) is 14.1 Å². The van der Waals surface area contributed by atoms with Crippen molar-refractivity contribution in [1.82, 2.24) is 9.13 Å². The quantitative estimate of drug-likeness (QED) is 0.739. The molecule has 0 aliphatic rings. The number of alkyl halides is 1. The third kappa shape index (κ3) is 1.55. The Hall–Kier alpha value is -1.22. The van der Waals surface area contributed by atoms with Crippen molar-refractivity contribution in [3.05, 3.63) is 34.2 Å². The maximum atomic E-state index is 11.7. The lowest BCUT2D eigenvalue weighted by Gasteiger charge is -2.07. The molecule has 0 fully saturated rings. The molecule has 1 aromatic heterocycles. The van der Waals surface area contributed by atoms with Crippen LogP contribution < -0.4 is 5.69 Å². The number of hydrogen-bond donors (Lipinski definition) is 0. The largest absolute Gasteiger partial charge is 0.328 e. The highest BCUT2D eigenvalue weighted by Gasteiger charge is 2.11. The van der Waals surface area contributed by atoms with Gasteiger partial charge < -0.3 is 0 Å². The molecular weight excluding hydrogens is 224 g/mol. The molecule has 0 aliphatic carbocycles. The fraction of sp³-hybridized carbons (Fsp3) is 0.417. The number of halogens is 1. The molecule has 2 rings (SSSR count). The molecule has 16 heavy (non-hydrogen) atoms. The van der Waals surface area contributed by atoms with Crippen molar-refractivity contribution < 1.29 is 0 Å². The summed E-state index contributed by atoms with van der Waals surface area (Å²) in [6.45, 7) is 2.05. The normalized spacial score (nSPS) is 13.2. The van der Waals surface area contributed by atoms with Crippen LogP contribution in [0.1, 0.15) is 24.3 Å². The van der Waals surface area contributed by atoms with E-state index in [0.29, 0.717) is 0 Å². The second kappa shape index (κ2) is 3.98. The van der Waals surface area contributed by atoms with Gasteiger partial charge in [-0.2, -0.15) is 0 Å². The maximum Gasteiger partial charge on any atom is 0.328 e. The second-order valence-corrected chi connectivity index (χ2v) is 4.55. The third-order valence-corrected chi connectivity index (χ3v) is 3.58. The summed E-state index contributed by atoms with van der Waals surface area (Å²) in [5, 5.41) is 0.0136. The van der Waals surface area contributed by atoms with Crippen molar-refractivity contribution in [2.45, 2.75) is 18.7 Å². The minimum Gasteiger partial charge on any atom is -0.295 e. The van der Waals surface area contributed by atoms with Crippen molar-refractivity contribution in [3.63, 3.8) is 0 Å². The van der Waals surface area contributed by atoms with E-state index in [2.05, 4.69) is 0 Å². The van der Waals surface area contributed by atoms with E-state index in [0.717, 1.165) is 23.0 Å². The van der Waals surface area contributed by atoms with Gasteiger partial charge in [0.05, 0.1) is 16.4 Å². The van der Waals surface area contributed by atoms with Crippen LogP contribution in [0.5, 0.6) is 0 Å². The van der Waals surface area contributed by atoms with Crippen molar-refractivity contribution in [3.8, 4) is 0 Å². The lowest BCUT2D eigenvalue weighted by molar-refractivity contribution is 0.795. The Morgan fingerprint density at radius 3 is 2.50 bits per heavy atom. The van der Waals surface area contributed by atoms with Crippen molar-refractivity contribution in [2.75, 3.05) is 0 Å². The molecule has 4 heteroatoms. The minimum absolute atomic E-state index is 0.00484. The Morgan fingerprint density at radius 1 is 1.25 bits per heavy atom. The van der Waals surface area contributed by atoms with E-state index in [1.165, 1.54) is 0 Å². The van der Waals surface area contributed by atoms with E-state index < -0.39 is 0 Å². The molecule has 0 amide bonds. The smallest absolute Gasteiger partial charge is 0.295 e. The summed E-state index contributed by atoms with van der Waals surface area (Å²) in [6, 6.07) is 5.94. The van der Waals surface area contributed by atoms with E-state index in [1.807, 2.05) is 25.1 Å². The Kier molecular flexibility index (Phi) is 2.80. The molecule has 0 N–H and O–H groups in total. The predicted molar refractivity (Wildman–Crippen MR) is 67.0 cm³/mol. The van der Waals surface area contributed by atoms with Crippen LogP contribution in [-0.2, 0) is 14.1 Å². The zero-order valence-electron chi connectivity index (χ0n) is 9.70. The van der Waals surface area contributed by atoms with Gasteiger partial charge in [0.15, 0.2) is 0 Å². The summed E-state index contributed by atoms with van der Waals surface area (Å²) in [4.78, 5) is 11.7. The zero-order chi connectivity index (χ0) is 11.9. The molecule has 86 valence electrons. The Bertz CT molecular complexity index is 582. The second-order valence-electron chi connectivity index (χ2n) is 4.02. The molecule has 0 saturated carbocycles. The Labute approximate surface area is 99.3 Å². The average molecular weight is 239 g/mol. The SMILES string of the molecule is CCC(Cl)c1ccc2c(c1)n(C)c(=O)n2C. The molecule has 1 heterocycles. The van der Waals surface area contributed by atoms with E-state index >= 15 is 0 Å². The van der Waals surface area contributed by atoms with E-state index in [4.69, 9.17) is 11.6 Å². The van der Waals surface area contributed by atoms with Crippen molar-refractivity contribution in [1.29, 1.82) is 0 Å². The molecule has 1 atom stereocenters. The Balaban J connectivity index is 2.71. The molecule has 0 aliphatic heterocycles. The van der Waals surface area contributed by atoms with Gasteiger partial charge in [0.2, 0.25) is 0 Å². The molecule has 0 bridgehead atoms. The van der Waals surface area contributed by atoms with E-state index in [-0.39, 0.29) is 11.1 Å². The van der Waals surface area contributed by atoms with Crippen LogP contribution in [0.3, 0.4) is 0 Å². The van der Waals surface area contributed by atoms with Gasteiger partial charge in [-0.3, -0.25) is 9.13 Å². The molecule has 3 nitrogen and oxygen atoms in total. The number of imidazole rings is 1. The van der Waals surface area contributed by atoms with Crippen LogP contribution in [0, 0.1) is 0 Å². The van der Waals surface area contributed by atoms with Gasteiger partial charge in [-0.1, -0.05) is 13.0 Å². The highest BCUT2D eigenvalue weighted by Crippen LogP contribution is 2.26. The highest BCUT2D eigenvalue weighted by molar-refractivity contribution is 6.20. The van der Waals surface area contributed by atoms with Crippen LogP contribution in [0.4, 0.5) is 0 Å². The van der Waals surface area contributed by atoms with Crippen LogP contribution in [0.2, 0.25) is 0 Å². The first-order valence-electron chi connectivity index (χ1n) is 5.35. The summed E-state index contributed by atoms with van der Waals surface area (Å²) in [5.74, 6) is 0. The monoisotopic (exact) mass is 238 g/mol. The predicted octanol–water partition coefficient (Wildman–Crippen LogP) is 2.57. The Morgan fingerprint density at radius 2 is 1.88 bits per heavy atom. The fourth-order valence-corrected chi connectivity index (χ4v) is 2.09. The topological polar surface area (TPSA) is 26.9 Å². The number of aromatic nitrogens is 2. The zero-order valence-corrected chi connectivity index (χ0v) is 10.5. The maximum absolute atomic E-state index is 11.7. The van der Waals surface area contributed by atoms with Crippen molar-refractivity contribution in [2.24, 2.45) is 14.1 Å². The number of benzene rings is 1. The fourth-order valence-electron chi connectivity index (χ4n) is 1.95. The minimum atomic E-state index is -0.00484. The van der Waals surface area contributed by atoms with Gasteiger partial charge in [0.1, 0.15) is 0 Å². The summed E-state index contributed by atoms with van der Waals surface area (Å²) in [5.41, 5.74) is 2.94. The first-order valence-corrected chi connectivity index (χ1v) is 5.79. The molecule has 2 aromatic rings. The number of aryl methyl sites for hydroxylation is 2. The van der Waals surface area contributed by atoms with Gasteiger partial charge in [0.25, 0.3) is 0 Å². The third-order valence-electron chi connectivity index (χ3n) is 3.02. The molecule has 1 aromatic carbocycles. The van der Waals surface area contributed by atoms with Gasteiger partial charge in [-0.05, 0) is 24.1 Å². The number of hydrogen-bond acceptors (Lipinski definition) is 1. The lowest BCUT2D eigenvalue weighted by atomic mass is 10.1. The number of nitrogens with zero attached hydrogens (tertiary/aromatic N) is 2. The van der Waals surface area contributed by atoms with Gasteiger partial charge in [-0.15, -0.1) is 11.6 Å². The number of rotatable bonds is 2. The average Bonchev–Trinajstić information content (AvgIpc) is 2.53. The van der Waals surface area contributed by atoms with Gasteiger partial charge in [-0.25, -0.2) is 4.79 Å². The molecule has 0 radical (unpaired) electrons. The highest BCUT2D eigenvalue weighted by atomic mass is 35.5. The summed E-state index contributed by atoms with van der Waals surface area (Å²) < 4.78 is 3.30. The summed E-state index contributed by atoms with van der Waals surface area (Å²) >= 11 is 6.20. The van der Waals surface area contributed by atoms with E-state index in [1.54, 1.807) is 23.2 Å². The van der Waals surface area contributed by atoms with E-state index in [9.17, 15) is 4.79 Å². The van der Waals surface area contributed by atoms with Crippen LogP contribution in [-0.4, -0.2) is 9.13 Å². The molecule has 1 unspecified atom stereocenters. The molecule has 0 spiro atoms. The first-order chi connectivity index (χ1) is 7.56. The van der Waals surface area contributed by atoms with Crippen LogP contribution in [0.25, 0.3) is 11.0 Å².